The Morgan fingerprint density at radius 1 is 1.29 bits per heavy atom. The van der Waals surface area contributed by atoms with Crippen molar-refractivity contribution in [1.29, 1.82) is 0 Å². The molecule has 1 aliphatic rings. The van der Waals surface area contributed by atoms with Crippen molar-refractivity contribution in [2.45, 2.75) is 19.9 Å². The van der Waals surface area contributed by atoms with Gasteiger partial charge in [-0.2, -0.15) is 0 Å². The fraction of sp³-hybridized carbons (Fsp3) is 0.647. The molecule has 118 valence electrons. The molecular formula is C17H28N2O2. The van der Waals surface area contributed by atoms with E-state index in [0.717, 1.165) is 39.4 Å². The minimum Gasteiger partial charge on any atom is -0.384 e. The van der Waals surface area contributed by atoms with Gasteiger partial charge in [0.05, 0.1) is 13.2 Å². The van der Waals surface area contributed by atoms with Gasteiger partial charge in [-0.05, 0) is 30.5 Å². The smallest absolute Gasteiger partial charge is 0.0587 e. The van der Waals surface area contributed by atoms with Gasteiger partial charge in [0.1, 0.15) is 0 Å². The van der Waals surface area contributed by atoms with E-state index in [1.54, 1.807) is 14.2 Å². The first-order valence-corrected chi connectivity index (χ1v) is 7.77. The van der Waals surface area contributed by atoms with Crippen molar-refractivity contribution >= 4 is 5.69 Å². The highest BCUT2D eigenvalue weighted by Gasteiger charge is 2.23. The summed E-state index contributed by atoms with van der Waals surface area (Å²) in [7, 11) is 3.52. The zero-order valence-corrected chi connectivity index (χ0v) is 13.5. The average molecular weight is 292 g/mol. The molecule has 0 aromatic heterocycles. The molecule has 0 aliphatic carbocycles. The fourth-order valence-electron chi connectivity index (χ4n) is 3.01. The van der Waals surface area contributed by atoms with Crippen LogP contribution >= 0.6 is 0 Å². The summed E-state index contributed by atoms with van der Waals surface area (Å²) in [5.41, 5.74) is 4.06. The number of methoxy groups -OCH3 is 2. The zero-order valence-electron chi connectivity index (χ0n) is 13.5. The molecule has 0 radical (unpaired) electrons. The van der Waals surface area contributed by atoms with Crippen LogP contribution in [0, 0.1) is 12.8 Å². The van der Waals surface area contributed by atoms with E-state index in [2.05, 4.69) is 35.3 Å². The topological polar surface area (TPSA) is 33.7 Å². The van der Waals surface area contributed by atoms with Crippen molar-refractivity contribution in [2.24, 2.45) is 5.92 Å². The van der Waals surface area contributed by atoms with E-state index < -0.39 is 0 Å². The number of benzene rings is 1. The molecule has 0 bridgehead atoms. The lowest BCUT2D eigenvalue weighted by molar-refractivity contribution is 0.161. The highest BCUT2D eigenvalue weighted by Crippen LogP contribution is 2.27. The maximum atomic E-state index is 5.28. The van der Waals surface area contributed by atoms with Gasteiger partial charge in [0.25, 0.3) is 0 Å². The van der Waals surface area contributed by atoms with Gasteiger partial charge in [0.2, 0.25) is 0 Å². The van der Waals surface area contributed by atoms with Crippen LogP contribution < -0.4 is 10.2 Å². The SMILES string of the molecule is COCCNCc1ccc(N2CCC(COC)C2)c(C)c1. The number of ether oxygens (including phenoxy) is 2. The molecular weight excluding hydrogens is 264 g/mol. The van der Waals surface area contributed by atoms with E-state index in [-0.39, 0.29) is 0 Å². The summed E-state index contributed by atoms with van der Waals surface area (Å²) >= 11 is 0. The Hall–Kier alpha value is -1.10. The fourth-order valence-corrected chi connectivity index (χ4v) is 3.01. The predicted octanol–water partition coefficient (Wildman–Crippen LogP) is 2.20. The van der Waals surface area contributed by atoms with Gasteiger partial charge in [0.15, 0.2) is 0 Å². The Balaban J connectivity index is 1.90. The number of hydrogen-bond donors (Lipinski definition) is 1. The van der Waals surface area contributed by atoms with Crippen molar-refractivity contribution in [3.05, 3.63) is 29.3 Å². The molecule has 1 heterocycles. The van der Waals surface area contributed by atoms with E-state index >= 15 is 0 Å². The number of nitrogens with zero attached hydrogens (tertiary/aromatic N) is 1. The molecule has 0 spiro atoms. The van der Waals surface area contributed by atoms with Crippen LogP contribution in [0.2, 0.25) is 0 Å². The molecule has 4 nitrogen and oxygen atoms in total. The predicted molar refractivity (Wildman–Crippen MR) is 87.0 cm³/mol. The van der Waals surface area contributed by atoms with Crippen LogP contribution in [0.1, 0.15) is 17.5 Å². The molecule has 0 amide bonds. The van der Waals surface area contributed by atoms with E-state index in [4.69, 9.17) is 9.47 Å². The highest BCUT2D eigenvalue weighted by molar-refractivity contribution is 5.55. The van der Waals surface area contributed by atoms with Crippen LogP contribution in [0.5, 0.6) is 0 Å². The summed E-state index contributed by atoms with van der Waals surface area (Å²) in [5, 5.41) is 3.39. The minimum atomic E-state index is 0.671. The zero-order chi connectivity index (χ0) is 15.1. The Kier molecular flexibility index (Phi) is 6.49. The van der Waals surface area contributed by atoms with Crippen LogP contribution in [0.4, 0.5) is 5.69 Å². The van der Waals surface area contributed by atoms with Crippen LogP contribution in [-0.2, 0) is 16.0 Å². The Labute approximate surface area is 128 Å². The summed E-state index contributed by atoms with van der Waals surface area (Å²) < 4.78 is 10.3. The molecule has 1 fully saturated rings. The molecule has 4 heteroatoms. The van der Waals surface area contributed by atoms with Crippen molar-refractivity contribution in [3.8, 4) is 0 Å². The second-order valence-electron chi connectivity index (χ2n) is 5.85. The molecule has 2 rings (SSSR count). The molecule has 1 unspecified atom stereocenters. The molecule has 1 aliphatic heterocycles. The third kappa shape index (κ3) is 4.70. The number of nitrogens with one attached hydrogen (secondary N) is 1. The van der Waals surface area contributed by atoms with E-state index in [9.17, 15) is 0 Å². The number of hydrogen-bond acceptors (Lipinski definition) is 4. The quantitative estimate of drug-likeness (QED) is 0.745. The number of rotatable bonds is 8. The third-order valence-corrected chi connectivity index (χ3v) is 4.10. The maximum absolute atomic E-state index is 5.28. The second kappa shape index (κ2) is 8.37. The Morgan fingerprint density at radius 3 is 2.86 bits per heavy atom. The summed E-state index contributed by atoms with van der Waals surface area (Å²) in [4.78, 5) is 2.49. The van der Waals surface area contributed by atoms with Crippen LogP contribution in [0.3, 0.4) is 0 Å². The largest absolute Gasteiger partial charge is 0.384 e. The summed E-state index contributed by atoms with van der Waals surface area (Å²) in [6.45, 7) is 7.87. The van der Waals surface area contributed by atoms with Crippen molar-refractivity contribution in [1.82, 2.24) is 5.32 Å². The van der Waals surface area contributed by atoms with Gasteiger partial charge < -0.3 is 19.7 Å². The monoisotopic (exact) mass is 292 g/mol. The first-order valence-electron chi connectivity index (χ1n) is 7.77. The lowest BCUT2D eigenvalue weighted by Crippen LogP contribution is -2.22. The molecule has 1 saturated heterocycles. The van der Waals surface area contributed by atoms with Crippen LogP contribution in [0.15, 0.2) is 18.2 Å². The second-order valence-corrected chi connectivity index (χ2v) is 5.85. The standard InChI is InChI=1S/C17H28N2O2/c1-14-10-15(11-18-7-9-20-2)4-5-17(14)19-8-6-16(12-19)13-21-3/h4-5,10,16,18H,6-9,11-13H2,1-3H3. The van der Waals surface area contributed by atoms with Crippen LogP contribution in [-0.4, -0.2) is 47.1 Å². The average Bonchev–Trinajstić information content (AvgIpc) is 2.92. The molecule has 1 atom stereocenters. The van der Waals surface area contributed by atoms with Gasteiger partial charge in [-0.15, -0.1) is 0 Å². The van der Waals surface area contributed by atoms with Crippen LogP contribution in [0.25, 0.3) is 0 Å². The van der Waals surface area contributed by atoms with Crippen molar-refractivity contribution in [3.63, 3.8) is 0 Å². The van der Waals surface area contributed by atoms with Crippen molar-refractivity contribution in [2.75, 3.05) is 52.0 Å². The van der Waals surface area contributed by atoms with Gasteiger partial charge in [-0.25, -0.2) is 0 Å². The van der Waals surface area contributed by atoms with Gasteiger partial charge in [-0.3, -0.25) is 0 Å². The molecule has 1 aromatic carbocycles. The summed E-state index contributed by atoms with van der Waals surface area (Å²) in [5.74, 6) is 0.671. The lowest BCUT2D eigenvalue weighted by atomic mass is 10.1. The van der Waals surface area contributed by atoms with E-state index in [0.29, 0.717) is 5.92 Å². The van der Waals surface area contributed by atoms with Gasteiger partial charge >= 0.3 is 0 Å². The van der Waals surface area contributed by atoms with E-state index in [1.165, 1.54) is 23.2 Å². The number of anilines is 1. The normalized spacial score (nSPS) is 18.4. The highest BCUT2D eigenvalue weighted by atomic mass is 16.5. The molecule has 0 saturated carbocycles. The Morgan fingerprint density at radius 2 is 2.14 bits per heavy atom. The first-order chi connectivity index (χ1) is 10.2. The lowest BCUT2D eigenvalue weighted by Gasteiger charge is -2.21. The number of aryl methyl sites for hydroxylation is 1. The molecule has 1 aromatic rings. The van der Waals surface area contributed by atoms with Gasteiger partial charge in [-0.1, -0.05) is 12.1 Å². The maximum Gasteiger partial charge on any atom is 0.0587 e. The van der Waals surface area contributed by atoms with Crippen molar-refractivity contribution < 1.29 is 9.47 Å². The minimum absolute atomic E-state index is 0.671. The third-order valence-electron chi connectivity index (χ3n) is 4.10. The van der Waals surface area contributed by atoms with E-state index in [1.807, 2.05) is 0 Å². The Bertz CT molecular complexity index is 437. The van der Waals surface area contributed by atoms with Gasteiger partial charge in [0, 0.05) is 52.0 Å². The molecule has 1 N–H and O–H groups in total. The summed E-state index contributed by atoms with van der Waals surface area (Å²) in [6.07, 6.45) is 1.23. The summed E-state index contributed by atoms with van der Waals surface area (Å²) in [6, 6.07) is 6.78. The molecule has 21 heavy (non-hydrogen) atoms. The first kappa shape index (κ1) is 16.3.